The van der Waals surface area contributed by atoms with Gasteiger partial charge in [-0.05, 0) is 28.5 Å². The van der Waals surface area contributed by atoms with Crippen molar-refractivity contribution in [1.29, 1.82) is 0 Å². The zero-order chi connectivity index (χ0) is 17.2. The average molecular weight is 359 g/mol. The number of halogens is 1. The van der Waals surface area contributed by atoms with E-state index in [2.05, 4.69) is 50.2 Å². The van der Waals surface area contributed by atoms with Gasteiger partial charge in [0.1, 0.15) is 0 Å². The highest BCUT2D eigenvalue weighted by atomic mass is 35.5. The van der Waals surface area contributed by atoms with Gasteiger partial charge in [0.15, 0.2) is 0 Å². The fourth-order valence-corrected chi connectivity index (χ4v) is 3.32. The summed E-state index contributed by atoms with van der Waals surface area (Å²) in [7, 11) is 0. The van der Waals surface area contributed by atoms with E-state index >= 15 is 0 Å². The molecule has 3 rings (SSSR count). The van der Waals surface area contributed by atoms with Crippen molar-refractivity contribution in [3.63, 3.8) is 0 Å². The van der Waals surface area contributed by atoms with Crippen molar-refractivity contribution in [2.75, 3.05) is 13.1 Å². The minimum Gasteiger partial charge on any atom is -0.342 e. The number of hydrogen-bond donors (Lipinski definition) is 1. The number of piperidine rings is 1. The molecule has 0 saturated carbocycles. The van der Waals surface area contributed by atoms with Gasteiger partial charge >= 0.3 is 0 Å². The van der Waals surface area contributed by atoms with Crippen LogP contribution in [0.3, 0.4) is 0 Å². The van der Waals surface area contributed by atoms with E-state index in [9.17, 15) is 4.79 Å². The van der Waals surface area contributed by atoms with Gasteiger partial charge in [-0.2, -0.15) is 0 Å². The fraction of sp³-hybridized carbons (Fsp3) is 0.381. The summed E-state index contributed by atoms with van der Waals surface area (Å²) in [5.41, 5.74) is 9.59. The third-order valence-corrected chi connectivity index (χ3v) is 5.08. The number of nitrogens with zero attached hydrogens (tertiary/aromatic N) is 1. The SMILES string of the molecule is CC1(C)CN(C(=O)Cc2ccc(-c3ccccc3)cc2)CCC1N.Cl. The molecule has 1 atom stereocenters. The van der Waals surface area contributed by atoms with Crippen LogP contribution < -0.4 is 5.73 Å². The lowest BCUT2D eigenvalue weighted by Crippen LogP contribution is -2.54. The molecule has 4 heteroatoms. The molecule has 134 valence electrons. The summed E-state index contributed by atoms with van der Waals surface area (Å²) in [5, 5.41) is 0. The lowest BCUT2D eigenvalue weighted by molar-refractivity contribution is -0.133. The maximum Gasteiger partial charge on any atom is 0.227 e. The summed E-state index contributed by atoms with van der Waals surface area (Å²) in [6.07, 6.45) is 1.34. The second-order valence-corrected chi connectivity index (χ2v) is 7.44. The second-order valence-electron chi connectivity index (χ2n) is 7.44. The van der Waals surface area contributed by atoms with Crippen LogP contribution in [0.25, 0.3) is 11.1 Å². The molecule has 1 fully saturated rings. The lowest BCUT2D eigenvalue weighted by Gasteiger charge is -2.42. The normalized spacial score (nSPS) is 19.2. The molecule has 0 spiro atoms. The van der Waals surface area contributed by atoms with E-state index < -0.39 is 0 Å². The van der Waals surface area contributed by atoms with Gasteiger partial charge < -0.3 is 10.6 Å². The lowest BCUT2D eigenvalue weighted by atomic mass is 9.79. The van der Waals surface area contributed by atoms with Crippen LogP contribution in [-0.2, 0) is 11.2 Å². The van der Waals surface area contributed by atoms with Crippen molar-refractivity contribution in [2.24, 2.45) is 11.1 Å². The van der Waals surface area contributed by atoms with Crippen molar-refractivity contribution in [2.45, 2.75) is 32.7 Å². The Balaban J connectivity index is 0.00000225. The minimum absolute atomic E-state index is 0. The molecule has 1 aliphatic rings. The Bertz CT molecular complexity index is 698. The Kier molecular flexibility index (Phi) is 6.26. The monoisotopic (exact) mass is 358 g/mol. The molecule has 25 heavy (non-hydrogen) atoms. The van der Waals surface area contributed by atoms with Crippen LogP contribution in [0.15, 0.2) is 54.6 Å². The van der Waals surface area contributed by atoms with Crippen LogP contribution in [0.2, 0.25) is 0 Å². The van der Waals surface area contributed by atoms with E-state index in [1.165, 1.54) is 11.1 Å². The Morgan fingerprint density at radius 2 is 1.68 bits per heavy atom. The summed E-state index contributed by atoms with van der Waals surface area (Å²) in [6, 6.07) is 18.8. The maximum absolute atomic E-state index is 12.6. The van der Waals surface area contributed by atoms with Gasteiger partial charge in [-0.25, -0.2) is 0 Å². The number of amides is 1. The molecule has 1 unspecified atom stereocenters. The van der Waals surface area contributed by atoms with E-state index in [0.717, 1.165) is 25.1 Å². The van der Waals surface area contributed by atoms with Crippen LogP contribution >= 0.6 is 12.4 Å². The molecule has 1 saturated heterocycles. The first kappa shape index (κ1) is 19.5. The van der Waals surface area contributed by atoms with Crippen molar-refractivity contribution in [3.8, 4) is 11.1 Å². The van der Waals surface area contributed by atoms with E-state index in [0.29, 0.717) is 6.42 Å². The molecule has 2 aromatic carbocycles. The van der Waals surface area contributed by atoms with Crippen LogP contribution in [0.4, 0.5) is 0 Å². The van der Waals surface area contributed by atoms with Crippen LogP contribution in [0, 0.1) is 5.41 Å². The van der Waals surface area contributed by atoms with E-state index in [-0.39, 0.29) is 29.8 Å². The molecule has 2 N–H and O–H groups in total. The van der Waals surface area contributed by atoms with Crippen LogP contribution in [0.5, 0.6) is 0 Å². The minimum atomic E-state index is -0.00885. The van der Waals surface area contributed by atoms with Gasteiger partial charge in [-0.15, -0.1) is 12.4 Å². The second kappa shape index (κ2) is 8.03. The highest BCUT2D eigenvalue weighted by molar-refractivity contribution is 5.85. The molecular formula is C21H27ClN2O. The quantitative estimate of drug-likeness (QED) is 0.904. The number of carbonyl (C=O) groups is 1. The molecule has 1 heterocycles. The number of likely N-dealkylation sites (tertiary alicyclic amines) is 1. The van der Waals surface area contributed by atoms with Gasteiger partial charge in [0.25, 0.3) is 0 Å². The molecule has 0 aromatic heterocycles. The van der Waals surface area contributed by atoms with E-state index in [4.69, 9.17) is 5.73 Å². The Morgan fingerprint density at radius 3 is 2.28 bits per heavy atom. The molecule has 2 aromatic rings. The third kappa shape index (κ3) is 4.62. The zero-order valence-electron chi connectivity index (χ0n) is 14.9. The topological polar surface area (TPSA) is 46.3 Å². The van der Waals surface area contributed by atoms with Gasteiger partial charge in [0, 0.05) is 19.1 Å². The number of hydrogen-bond acceptors (Lipinski definition) is 2. The average Bonchev–Trinajstić information content (AvgIpc) is 2.58. The van der Waals surface area contributed by atoms with Crippen LogP contribution in [0.1, 0.15) is 25.8 Å². The van der Waals surface area contributed by atoms with Gasteiger partial charge in [-0.3, -0.25) is 4.79 Å². The highest BCUT2D eigenvalue weighted by Crippen LogP contribution is 2.28. The predicted molar refractivity (Wildman–Crippen MR) is 106 cm³/mol. The fourth-order valence-electron chi connectivity index (χ4n) is 3.32. The summed E-state index contributed by atoms with van der Waals surface area (Å²) in [4.78, 5) is 14.6. The third-order valence-electron chi connectivity index (χ3n) is 5.08. The van der Waals surface area contributed by atoms with Gasteiger partial charge in [-0.1, -0.05) is 68.4 Å². The standard InChI is InChI=1S/C21H26N2O.ClH/c1-21(2)15-23(13-12-19(21)22)20(24)14-16-8-10-18(11-9-16)17-6-4-3-5-7-17;/h3-11,19H,12-15,22H2,1-2H3;1H. The van der Waals surface area contributed by atoms with Crippen molar-refractivity contribution >= 4 is 18.3 Å². The first-order valence-electron chi connectivity index (χ1n) is 8.63. The van der Waals surface area contributed by atoms with Crippen LogP contribution in [-0.4, -0.2) is 29.9 Å². The van der Waals surface area contributed by atoms with Gasteiger partial charge in [0.05, 0.1) is 6.42 Å². The predicted octanol–water partition coefficient (Wildman–Crippen LogP) is 3.90. The number of benzene rings is 2. The molecule has 1 aliphatic heterocycles. The highest BCUT2D eigenvalue weighted by Gasteiger charge is 2.35. The van der Waals surface area contributed by atoms with Crippen molar-refractivity contribution in [3.05, 3.63) is 60.2 Å². The zero-order valence-corrected chi connectivity index (χ0v) is 15.8. The first-order chi connectivity index (χ1) is 11.5. The largest absolute Gasteiger partial charge is 0.342 e. The Morgan fingerprint density at radius 1 is 1.08 bits per heavy atom. The molecule has 1 amide bonds. The molecule has 0 bridgehead atoms. The molecule has 3 nitrogen and oxygen atoms in total. The summed E-state index contributed by atoms with van der Waals surface area (Å²) >= 11 is 0. The Labute approximate surface area is 156 Å². The molecular weight excluding hydrogens is 332 g/mol. The summed E-state index contributed by atoms with van der Waals surface area (Å²) in [6.45, 7) is 5.80. The van der Waals surface area contributed by atoms with E-state index in [1.54, 1.807) is 0 Å². The van der Waals surface area contributed by atoms with E-state index in [1.807, 2.05) is 23.1 Å². The Hall–Kier alpha value is -1.84. The first-order valence-corrected chi connectivity index (χ1v) is 8.63. The maximum atomic E-state index is 12.6. The smallest absolute Gasteiger partial charge is 0.227 e. The van der Waals surface area contributed by atoms with Crippen molar-refractivity contribution in [1.82, 2.24) is 4.90 Å². The summed E-state index contributed by atoms with van der Waals surface area (Å²) < 4.78 is 0. The van der Waals surface area contributed by atoms with Crippen molar-refractivity contribution < 1.29 is 4.79 Å². The molecule has 0 aliphatic carbocycles. The number of nitrogens with two attached hydrogens (primary N) is 1. The van der Waals surface area contributed by atoms with Gasteiger partial charge in [0.2, 0.25) is 5.91 Å². The number of carbonyl (C=O) groups excluding carboxylic acids is 1. The summed E-state index contributed by atoms with van der Waals surface area (Å²) in [5.74, 6) is 0.197. The number of rotatable bonds is 3. The molecule has 0 radical (unpaired) electrons.